The maximum Gasteiger partial charge on any atom is 0.142 e. The lowest BCUT2D eigenvalue weighted by atomic mass is 10.1. The largest absolute Gasteiger partial charge is 0.495 e. The van der Waals surface area contributed by atoms with E-state index in [1.54, 1.807) is 7.11 Å². The van der Waals surface area contributed by atoms with Crippen LogP contribution in [-0.2, 0) is 0 Å². The monoisotopic (exact) mass is 243 g/mol. The van der Waals surface area contributed by atoms with Gasteiger partial charge in [0.1, 0.15) is 5.75 Å². The molecule has 0 aromatic heterocycles. The van der Waals surface area contributed by atoms with Crippen molar-refractivity contribution >= 4 is 17.3 Å². The molecule has 0 saturated carbocycles. The van der Waals surface area contributed by atoms with Crippen LogP contribution in [0.15, 0.2) is 6.07 Å². The summed E-state index contributed by atoms with van der Waals surface area (Å²) in [6.45, 7) is 4.79. The molecule has 0 spiro atoms. The number of halogens is 1. The number of benzene rings is 1. The second kappa shape index (κ2) is 5.97. The maximum absolute atomic E-state index is 8.74. The van der Waals surface area contributed by atoms with Crippen molar-refractivity contribution in [3.63, 3.8) is 0 Å². The Hall–Kier alpha value is -0.930. The zero-order chi connectivity index (χ0) is 12.1. The molecule has 0 aliphatic carbocycles. The van der Waals surface area contributed by atoms with E-state index in [0.717, 1.165) is 27.6 Å². The fraction of sp³-hybridized carbons (Fsp3) is 0.500. The summed E-state index contributed by atoms with van der Waals surface area (Å²) in [7, 11) is 1.64. The van der Waals surface area contributed by atoms with E-state index in [1.807, 2.05) is 19.9 Å². The van der Waals surface area contributed by atoms with Crippen LogP contribution in [0.2, 0.25) is 5.02 Å². The first-order valence-electron chi connectivity index (χ1n) is 5.30. The predicted molar refractivity (Wildman–Crippen MR) is 67.7 cm³/mol. The Kier molecular flexibility index (Phi) is 4.90. The SMILES string of the molecule is COc1cc(C)c(Cl)c(C)c1NCCCO. The Balaban J connectivity index is 3.00. The third-order valence-electron chi connectivity index (χ3n) is 2.50. The van der Waals surface area contributed by atoms with Crippen molar-refractivity contribution in [2.75, 3.05) is 25.6 Å². The van der Waals surface area contributed by atoms with Gasteiger partial charge in [-0.2, -0.15) is 0 Å². The van der Waals surface area contributed by atoms with Gasteiger partial charge in [0.2, 0.25) is 0 Å². The second-order valence-electron chi connectivity index (χ2n) is 3.71. The molecule has 0 fully saturated rings. The minimum absolute atomic E-state index is 0.175. The number of anilines is 1. The molecule has 90 valence electrons. The van der Waals surface area contributed by atoms with E-state index < -0.39 is 0 Å². The maximum atomic E-state index is 8.74. The molecule has 0 heterocycles. The van der Waals surface area contributed by atoms with E-state index >= 15 is 0 Å². The lowest BCUT2D eigenvalue weighted by Gasteiger charge is -2.16. The van der Waals surface area contributed by atoms with E-state index in [2.05, 4.69) is 5.32 Å². The molecule has 0 radical (unpaired) electrons. The smallest absolute Gasteiger partial charge is 0.142 e. The van der Waals surface area contributed by atoms with Gasteiger partial charge in [-0.3, -0.25) is 0 Å². The lowest BCUT2D eigenvalue weighted by molar-refractivity contribution is 0.292. The van der Waals surface area contributed by atoms with Crippen molar-refractivity contribution < 1.29 is 9.84 Å². The second-order valence-corrected chi connectivity index (χ2v) is 4.09. The number of nitrogens with one attached hydrogen (secondary N) is 1. The van der Waals surface area contributed by atoms with Gasteiger partial charge in [-0.1, -0.05) is 11.6 Å². The summed E-state index contributed by atoms with van der Waals surface area (Å²) in [5, 5.41) is 12.7. The van der Waals surface area contributed by atoms with Gasteiger partial charge >= 0.3 is 0 Å². The predicted octanol–water partition coefficient (Wildman–Crippen LogP) is 2.76. The van der Waals surface area contributed by atoms with Gasteiger partial charge in [0, 0.05) is 18.2 Å². The molecule has 2 N–H and O–H groups in total. The van der Waals surface area contributed by atoms with Crippen LogP contribution >= 0.6 is 11.6 Å². The number of aliphatic hydroxyl groups excluding tert-OH is 1. The molecule has 0 bridgehead atoms. The van der Waals surface area contributed by atoms with Gasteiger partial charge in [0.15, 0.2) is 0 Å². The van der Waals surface area contributed by atoms with Crippen LogP contribution in [0.4, 0.5) is 5.69 Å². The Morgan fingerprint density at radius 3 is 2.69 bits per heavy atom. The van der Waals surface area contributed by atoms with Gasteiger partial charge in [-0.15, -0.1) is 0 Å². The van der Waals surface area contributed by atoms with Crippen molar-refractivity contribution in [2.45, 2.75) is 20.3 Å². The van der Waals surface area contributed by atoms with Crippen molar-refractivity contribution in [2.24, 2.45) is 0 Å². The first-order valence-corrected chi connectivity index (χ1v) is 5.68. The molecule has 1 aromatic carbocycles. The van der Waals surface area contributed by atoms with Crippen LogP contribution in [0.1, 0.15) is 17.5 Å². The van der Waals surface area contributed by atoms with Crippen LogP contribution in [0.3, 0.4) is 0 Å². The molecular formula is C12H18ClNO2. The highest BCUT2D eigenvalue weighted by molar-refractivity contribution is 6.32. The fourth-order valence-electron chi connectivity index (χ4n) is 1.60. The van der Waals surface area contributed by atoms with Crippen LogP contribution in [0.5, 0.6) is 5.75 Å². The number of methoxy groups -OCH3 is 1. The fourth-order valence-corrected chi connectivity index (χ4v) is 1.74. The van der Waals surface area contributed by atoms with Gasteiger partial charge in [-0.05, 0) is 37.5 Å². The summed E-state index contributed by atoms with van der Waals surface area (Å²) in [6.07, 6.45) is 0.702. The van der Waals surface area contributed by atoms with Crippen LogP contribution in [-0.4, -0.2) is 25.4 Å². The number of aryl methyl sites for hydroxylation is 1. The average molecular weight is 244 g/mol. The number of ether oxygens (including phenoxy) is 1. The first-order chi connectivity index (χ1) is 7.61. The summed E-state index contributed by atoms with van der Waals surface area (Å²) < 4.78 is 5.31. The molecular weight excluding hydrogens is 226 g/mol. The lowest BCUT2D eigenvalue weighted by Crippen LogP contribution is -2.07. The molecule has 0 aliphatic rings. The van der Waals surface area contributed by atoms with Gasteiger partial charge < -0.3 is 15.2 Å². The quantitative estimate of drug-likeness (QED) is 0.782. The third-order valence-corrected chi connectivity index (χ3v) is 3.08. The first kappa shape index (κ1) is 13.1. The van der Waals surface area contributed by atoms with Crippen molar-refractivity contribution in [3.05, 3.63) is 22.2 Å². The van der Waals surface area contributed by atoms with E-state index in [4.69, 9.17) is 21.4 Å². The molecule has 16 heavy (non-hydrogen) atoms. The molecule has 0 unspecified atom stereocenters. The standard InChI is InChI=1S/C12H18ClNO2/c1-8-7-10(16-3)12(9(2)11(8)13)14-5-4-6-15/h7,14-15H,4-6H2,1-3H3. The third kappa shape index (κ3) is 2.80. The Bertz CT molecular complexity index is 367. The van der Waals surface area contributed by atoms with E-state index in [9.17, 15) is 0 Å². The minimum atomic E-state index is 0.175. The summed E-state index contributed by atoms with van der Waals surface area (Å²) in [5.41, 5.74) is 2.90. The Labute approximate surface area is 101 Å². The topological polar surface area (TPSA) is 41.5 Å². The Morgan fingerprint density at radius 1 is 1.44 bits per heavy atom. The minimum Gasteiger partial charge on any atom is -0.495 e. The van der Waals surface area contributed by atoms with Crippen molar-refractivity contribution in [1.29, 1.82) is 0 Å². The molecule has 0 aliphatic heterocycles. The molecule has 0 amide bonds. The number of rotatable bonds is 5. The molecule has 4 heteroatoms. The molecule has 1 aromatic rings. The zero-order valence-electron chi connectivity index (χ0n) is 9.93. The zero-order valence-corrected chi connectivity index (χ0v) is 10.7. The van der Waals surface area contributed by atoms with Crippen molar-refractivity contribution in [3.8, 4) is 5.75 Å². The highest BCUT2D eigenvalue weighted by atomic mass is 35.5. The van der Waals surface area contributed by atoms with Gasteiger partial charge in [-0.25, -0.2) is 0 Å². The van der Waals surface area contributed by atoms with E-state index in [1.165, 1.54) is 0 Å². The van der Waals surface area contributed by atoms with Crippen molar-refractivity contribution in [1.82, 2.24) is 0 Å². The van der Waals surface area contributed by atoms with Crippen LogP contribution < -0.4 is 10.1 Å². The summed E-state index contributed by atoms with van der Waals surface area (Å²) in [6, 6.07) is 1.91. The summed E-state index contributed by atoms with van der Waals surface area (Å²) >= 11 is 6.18. The van der Waals surface area contributed by atoms with Gasteiger partial charge in [0.25, 0.3) is 0 Å². The number of hydrogen-bond acceptors (Lipinski definition) is 3. The van der Waals surface area contributed by atoms with E-state index in [-0.39, 0.29) is 6.61 Å². The highest BCUT2D eigenvalue weighted by Gasteiger charge is 2.11. The van der Waals surface area contributed by atoms with E-state index in [0.29, 0.717) is 13.0 Å². The number of aliphatic hydroxyl groups is 1. The number of hydrogen-bond donors (Lipinski definition) is 2. The van der Waals surface area contributed by atoms with Crippen LogP contribution in [0, 0.1) is 13.8 Å². The summed E-state index contributed by atoms with van der Waals surface area (Å²) in [4.78, 5) is 0. The van der Waals surface area contributed by atoms with Gasteiger partial charge in [0.05, 0.1) is 12.8 Å². The molecule has 0 atom stereocenters. The molecule has 3 nitrogen and oxygen atoms in total. The van der Waals surface area contributed by atoms with Crippen LogP contribution in [0.25, 0.3) is 0 Å². The summed E-state index contributed by atoms with van der Waals surface area (Å²) in [5.74, 6) is 0.789. The molecule has 0 saturated heterocycles. The average Bonchev–Trinajstić information content (AvgIpc) is 2.29. The molecule has 1 rings (SSSR count). The highest BCUT2D eigenvalue weighted by Crippen LogP contribution is 2.35. The Morgan fingerprint density at radius 2 is 2.12 bits per heavy atom. The normalized spacial score (nSPS) is 10.3.